The van der Waals surface area contributed by atoms with Crippen LogP contribution < -0.4 is 4.74 Å². The van der Waals surface area contributed by atoms with Gasteiger partial charge in [0, 0.05) is 10.4 Å². The van der Waals surface area contributed by atoms with Crippen LogP contribution in [0.4, 0.5) is 0 Å². The van der Waals surface area contributed by atoms with Crippen LogP contribution in [0, 0.1) is 0 Å². The fraction of sp³-hybridized carbons (Fsp3) is 0.0833. The second-order valence-corrected chi connectivity index (χ2v) is 4.14. The van der Waals surface area contributed by atoms with Crippen LogP contribution in [0.25, 0.3) is 10.4 Å². The van der Waals surface area contributed by atoms with E-state index in [1.54, 1.807) is 25.3 Å². The minimum absolute atomic E-state index is 0.295. The van der Waals surface area contributed by atoms with Crippen LogP contribution in [-0.2, 0) is 0 Å². The van der Waals surface area contributed by atoms with Gasteiger partial charge >= 0.3 is 5.97 Å². The van der Waals surface area contributed by atoms with E-state index in [0.717, 1.165) is 4.88 Å². The highest BCUT2D eigenvalue weighted by Crippen LogP contribution is 2.31. The van der Waals surface area contributed by atoms with E-state index in [4.69, 9.17) is 9.84 Å². The molecular formula is C12H10O3S. The summed E-state index contributed by atoms with van der Waals surface area (Å²) >= 11 is 1.51. The number of carboxylic acids is 1. The summed E-state index contributed by atoms with van der Waals surface area (Å²) in [4.78, 5) is 12.0. The van der Waals surface area contributed by atoms with Crippen molar-refractivity contribution in [2.45, 2.75) is 0 Å². The largest absolute Gasteiger partial charge is 0.497 e. The fourth-order valence-corrected chi connectivity index (χ4v) is 2.23. The molecule has 82 valence electrons. The molecule has 0 spiro atoms. The number of benzene rings is 1. The highest BCUT2D eigenvalue weighted by Gasteiger charge is 2.13. The van der Waals surface area contributed by atoms with Gasteiger partial charge in [0.1, 0.15) is 5.75 Å². The molecule has 0 fully saturated rings. The van der Waals surface area contributed by atoms with Gasteiger partial charge in [0.05, 0.1) is 12.7 Å². The first-order valence-corrected chi connectivity index (χ1v) is 5.55. The Morgan fingerprint density at radius 2 is 2.19 bits per heavy atom. The van der Waals surface area contributed by atoms with Crippen molar-refractivity contribution in [3.8, 4) is 16.2 Å². The summed E-state index contributed by atoms with van der Waals surface area (Å²) in [6.45, 7) is 0. The molecule has 2 rings (SSSR count). The Morgan fingerprint density at radius 3 is 2.75 bits per heavy atom. The van der Waals surface area contributed by atoms with Crippen LogP contribution in [0.1, 0.15) is 10.4 Å². The quantitative estimate of drug-likeness (QED) is 0.887. The van der Waals surface area contributed by atoms with Crippen molar-refractivity contribution in [3.63, 3.8) is 0 Å². The number of carboxylic acid groups (broad SMARTS) is 1. The molecule has 0 bridgehead atoms. The number of hydrogen-bond donors (Lipinski definition) is 1. The summed E-state index contributed by atoms with van der Waals surface area (Å²) in [6.07, 6.45) is 0. The van der Waals surface area contributed by atoms with Crippen LogP contribution in [0.5, 0.6) is 5.75 Å². The number of rotatable bonds is 3. The first-order valence-electron chi connectivity index (χ1n) is 4.67. The summed E-state index contributed by atoms with van der Waals surface area (Å²) in [5, 5.41) is 11.0. The average Bonchev–Trinajstić information content (AvgIpc) is 2.81. The Balaban J connectivity index is 2.59. The molecule has 0 radical (unpaired) electrons. The van der Waals surface area contributed by atoms with Crippen molar-refractivity contribution in [1.29, 1.82) is 0 Å². The molecule has 1 N–H and O–H groups in total. The third kappa shape index (κ3) is 1.92. The number of ether oxygens (including phenoxy) is 1. The van der Waals surface area contributed by atoms with Crippen molar-refractivity contribution < 1.29 is 14.6 Å². The maximum atomic E-state index is 11.1. The summed E-state index contributed by atoms with van der Waals surface area (Å²) in [5.74, 6) is -0.264. The third-order valence-electron chi connectivity index (χ3n) is 2.24. The summed E-state index contributed by atoms with van der Waals surface area (Å²) < 4.78 is 5.10. The topological polar surface area (TPSA) is 46.5 Å². The zero-order chi connectivity index (χ0) is 11.5. The van der Waals surface area contributed by atoms with Crippen LogP contribution in [0.3, 0.4) is 0 Å². The summed E-state index contributed by atoms with van der Waals surface area (Å²) in [5.41, 5.74) is 0.991. The van der Waals surface area contributed by atoms with Gasteiger partial charge in [0.25, 0.3) is 0 Å². The van der Waals surface area contributed by atoms with E-state index in [9.17, 15) is 4.79 Å². The van der Waals surface area contributed by atoms with Crippen molar-refractivity contribution in [2.24, 2.45) is 0 Å². The number of carbonyl (C=O) groups is 1. The van der Waals surface area contributed by atoms with Gasteiger partial charge in [-0.25, -0.2) is 4.79 Å². The van der Waals surface area contributed by atoms with Crippen molar-refractivity contribution >= 4 is 17.3 Å². The molecule has 1 aromatic carbocycles. The van der Waals surface area contributed by atoms with Gasteiger partial charge in [-0.05, 0) is 29.6 Å². The molecule has 3 nitrogen and oxygen atoms in total. The lowest BCUT2D eigenvalue weighted by molar-refractivity contribution is 0.0698. The molecule has 0 saturated carbocycles. The second kappa shape index (κ2) is 4.37. The predicted octanol–water partition coefficient (Wildman–Crippen LogP) is 3.12. The highest BCUT2D eigenvalue weighted by molar-refractivity contribution is 7.13. The third-order valence-corrected chi connectivity index (χ3v) is 3.15. The number of methoxy groups -OCH3 is 1. The summed E-state index contributed by atoms with van der Waals surface area (Å²) in [7, 11) is 1.56. The maximum Gasteiger partial charge on any atom is 0.336 e. The Morgan fingerprint density at radius 1 is 1.38 bits per heavy atom. The number of hydrogen-bond acceptors (Lipinski definition) is 3. The standard InChI is InChI=1S/C12H10O3S/c1-15-8-4-5-9(12(13)14)10(7-8)11-3-2-6-16-11/h2-7H,1H3,(H,13,14). The van der Waals surface area contributed by atoms with E-state index in [0.29, 0.717) is 16.9 Å². The van der Waals surface area contributed by atoms with Gasteiger partial charge < -0.3 is 9.84 Å². The van der Waals surface area contributed by atoms with Gasteiger partial charge in [0.15, 0.2) is 0 Å². The fourth-order valence-electron chi connectivity index (χ4n) is 1.47. The zero-order valence-corrected chi connectivity index (χ0v) is 9.45. The highest BCUT2D eigenvalue weighted by atomic mass is 32.1. The van der Waals surface area contributed by atoms with Crippen LogP contribution in [-0.4, -0.2) is 18.2 Å². The van der Waals surface area contributed by atoms with Gasteiger partial charge in [0.2, 0.25) is 0 Å². The van der Waals surface area contributed by atoms with E-state index in [1.165, 1.54) is 11.3 Å². The SMILES string of the molecule is COc1ccc(C(=O)O)c(-c2cccs2)c1. The van der Waals surface area contributed by atoms with Crippen molar-refractivity contribution in [3.05, 3.63) is 41.3 Å². The second-order valence-electron chi connectivity index (χ2n) is 3.19. The monoisotopic (exact) mass is 234 g/mol. The van der Waals surface area contributed by atoms with Crippen molar-refractivity contribution in [1.82, 2.24) is 0 Å². The van der Waals surface area contributed by atoms with Crippen LogP contribution in [0.2, 0.25) is 0 Å². The lowest BCUT2D eigenvalue weighted by atomic mass is 10.1. The average molecular weight is 234 g/mol. The normalized spacial score (nSPS) is 10.1. The molecule has 0 aliphatic heterocycles. The molecule has 0 unspecified atom stereocenters. The molecule has 4 heteroatoms. The molecule has 16 heavy (non-hydrogen) atoms. The lowest BCUT2D eigenvalue weighted by Crippen LogP contribution is -1.99. The minimum Gasteiger partial charge on any atom is -0.497 e. The van der Waals surface area contributed by atoms with Crippen molar-refractivity contribution in [2.75, 3.05) is 7.11 Å². The Kier molecular flexibility index (Phi) is 2.92. The Hall–Kier alpha value is -1.81. The van der Waals surface area contributed by atoms with E-state index >= 15 is 0 Å². The molecule has 0 saturated heterocycles. The molecule has 1 heterocycles. The minimum atomic E-state index is -0.925. The Labute approximate surface area is 96.9 Å². The first kappa shape index (κ1) is 10.7. The molecule has 0 amide bonds. The maximum absolute atomic E-state index is 11.1. The van der Waals surface area contributed by atoms with Gasteiger partial charge in [-0.1, -0.05) is 6.07 Å². The van der Waals surface area contributed by atoms with Crippen LogP contribution >= 0.6 is 11.3 Å². The molecule has 0 aliphatic carbocycles. The van der Waals surface area contributed by atoms with E-state index in [1.807, 2.05) is 17.5 Å². The smallest absolute Gasteiger partial charge is 0.336 e. The molecule has 0 atom stereocenters. The molecule has 2 aromatic rings. The van der Waals surface area contributed by atoms with Gasteiger partial charge in [-0.15, -0.1) is 11.3 Å². The predicted molar refractivity (Wildman–Crippen MR) is 63.3 cm³/mol. The van der Waals surface area contributed by atoms with Gasteiger partial charge in [-0.3, -0.25) is 0 Å². The lowest BCUT2D eigenvalue weighted by Gasteiger charge is -2.06. The zero-order valence-electron chi connectivity index (χ0n) is 8.64. The first-order chi connectivity index (χ1) is 7.72. The summed E-state index contributed by atoms with van der Waals surface area (Å²) in [6, 6.07) is 8.75. The molecule has 1 aromatic heterocycles. The number of aromatic carboxylic acids is 1. The Bertz CT molecular complexity index is 503. The molecule has 0 aliphatic rings. The van der Waals surface area contributed by atoms with E-state index in [-0.39, 0.29) is 0 Å². The van der Waals surface area contributed by atoms with E-state index in [2.05, 4.69) is 0 Å². The van der Waals surface area contributed by atoms with E-state index < -0.39 is 5.97 Å². The molecular weight excluding hydrogens is 224 g/mol. The number of thiophene rings is 1. The van der Waals surface area contributed by atoms with Crippen LogP contribution in [0.15, 0.2) is 35.7 Å². The van der Waals surface area contributed by atoms with Gasteiger partial charge in [-0.2, -0.15) is 0 Å².